The molecule has 0 aromatic rings. The van der Waals surface area contributed by atoms with Crippen LogP contribution in [0.4, 0.5) is 0 Å². The maximum Gasteiger partial charge on any atom is 0.257 e. The Bertz CT molecular complexity index is 512. The van der Waals surface area contributed by atoms with E-state index in [9.17, 15) is 0 Å². The van der Waals surface area contributed by atoms with E-state index in [-0.39, 0.29) is 18.3 Å². The molecule has 0 radical (unpaired) electrons. The van der Waals surface area contributed by atoms with Gasteiger partial charge in [0.1, 0.15) is 12.2 Å². The van der Waals surface area contributed by atoms with Crippen molar-refractivity contribution in [1.82, 2.24) is 5.32 Å². The van der Waals surface area contributed by atoms with Gasteiger partial charge in [0.2, 0.25) is 0 Å². The Labute approximate surface area is 134 Å². The van der Waals surface area contributed by atoms with Crippen LogP contribution in [-0.2, 0) is 28.4 Å². The van der Waals surface area contributed by atoms with Crippen LogP contribution in [0, 0.1) is 0 Å². The van der Waals surface area contributed by atoms with Crippen molar-refractivity contribution in [3.63, 3.8) is 0 Å². The summed E-state index contributed by atoms with van der Waals surface area (Å²) >= 11 is 5.16. The lowest BCUT2D eigenvalue weighted by molar-refractivity contribution is -0.242. The van der Waals surface area contributed by atoms with Crippen LogP contribution in [0.1, 0.15) is 27.7 Å². The number of nitrogens with one attached hydrogen (secondary N) is 1. The fraction of sp³-hybridized carbons (Fsp3) is 0.929. The Kier molecular flexibility index (Phi) is 3.09. The van der Waals surface area contributed by atoms with Gasteiger partial charge in [-0.2, -0.15) is 0 Å². The largest absolute Gasteiger partial charge is 0.457 e. The van der Waals surface area contributed by atoms with Gasteiger partial charge in [-0.1, -0.05) is 0 Å². The second-order valence-corrected chi connectivity index (χ2v) is 7.42. The van der Waals surface area contributed by atoms with Gasteiger partial charge < -0.3 is 33.7 Å². The van der Waals surface area contributed by atoms with Crippen molar-refractivity contribution in [1.29, 1.82) is 0 Å². The topological polar surface area (TPSA) is 67.4 Å². The molecule has 4 fully saturated rings. The summed E-state index contributed by atoms with van der Waals surface area (Å²) in [6.45, 7) is 8.40. The Morgan fingerprint density at radius 1 is 1.05 bits per heavy atom. The standard InChI is InChI=1S/C14H21NO6S/c1-12(2)16-5-7(18-12)8-14(6-15-11(22)21-14)9-10(17-8)20-13(3,4)19-9/h7-10H,5-6H2,1-4H3,(H,15,22)/t7?,8-,9+,10-,14+/m1/s1. The first kappa shape index (κ1) is 15.0. The minimum Gasteiger partial charge on any atom is -0.457 e. The van der Waals surface area contributed by atoms with Gasteiger partial charge in [0, 0.05) is 0 Å². The molecule has 4 saturated heterocycles. The molecule has 22 heavy (non-hydrogen) atoms. The minimum atomic E-state index is -0.760. The van der Waals surface area contributed by atoms with Crippen LogP contribution in [0.3, 0.4) is 0 Å². The SMILES string of the molecule is CC1(C)OCC([C@H]2O[C@@H]3OC(C)(C)O[C@@H]3[C@]23CNC(=S)O3)O1. The van der Waals surface area contributed by atoms with E-state index in [2.05, 4.69) is 5.32 Å². The molecule has 0 aliphatic carbocycles. The van der Waals surface area contributed by atoms with Crippen molar-refractivity contribution in [2.45, 2.75) is 69.5 Å². The molecular weight excluding hydrogens is 310 g/mol. The van der Waals surface area contributed by atoms with E-state index in [1.807, 2.05) is 27.7 Å². The Balaban J connectivity index is 1.64. The zero-order valence-corrected chi connectivity index (χ0v) is 13.9. The lowest BCUT2D eigenvalue weighted by atomic mass is 9.89. The van der Waals surface area contributed by atoms with Crippen molar-refractivity contribution in [3.05, 3.63) is 0 Å². The first-order chi connectivity index (χ1) is 10.2. The maximum atomic E-state index is 6.11. The number of fused-ring (bicyclic) bond motifs is 2. The molecule has 8 heteroatoms. The quantitative estimate of drug-likeness (QED) is 0.703. The number of hydrogen-bond acceptors (Lipinski definition) is 7. The van der Waals surface area contributed by atoms with Gasteiger partial charge in [-0.3, -0.25) is 0 Å². The summed E-state index contributed by atoms with van der Waals surface area (Å²) in [5.41, 5.74) is -0.760. The van der Waals surface area contributed by atoms with Gasteiger partial charge in [0.25, 0.3) is 5.17 Å². The third-order valence-corrected chi connectivity index (χ3v) is 4.69. The third-order valence-electron chi connectivity index (χ3n) is 4.46. The highest BCUT2D eigenvalue weighted by Gasteiger charge is 2.70. The van der Waals surface area contributed by atoms with Crippen LogP contribution in [0.5, 0.6) is 0 Å². The van der Waals surface area contributed by atoms with E-state index in [0.29, 0.717) is 18.3 Å². The molecule has 0 bridgehead atoms. The molecule has 4 aliphatic rings. The van der Waals surface area contributed by atoms with Crippen molar-refractivity contribution >= 4 is 17.4 Å². The summed E-state index contributed by atoms with van der Waals surface area (Å²) in [7, 11) is 0. The van der Waals surface area contributed by atoms with Crippen molar-refractivity contribution in [2.24, 2.45) is 0 Å². The molecule has 0 aromatic carbocycles. The molecular formula is C14H21NO6S. The van der Waals surface area contributed by atoms with Crippen molar-refractivity contribution in [3.8, 4) is 0 Å². The van der Waals surface area contributed by atoms with Crippen molar-refractivity contribution in [2.75, 3.05) is 13.2 Å². The monoisotopic (exact) mass is 331 g/mol. The van der Waals surface area contributed by atoms with E-state index in [0.717, 1.165) is 0 Å². The number of ether oxygens (including phenoxy) is 6. The van der Waals surface area contributed by atoms with Crippen molar-refractivity contribution < 1.29 is 28.4 Å². The summed E-state index contributed by atoms with van der Waals surface area (Å²) in [6, 6.07) is 0. The highest BCUT2D eigenvalue weighted by Crippen LogP contribution is 2.48. The first-order valence-corrected chi connectivity index (χ1v) is 7.91. The molecule has 4 aliphatic heterocycles. The number of thiocarbonyl (C=S) groups is 1. The highest BCUT2D eigenvalue weighted by atomic mass is 32.1. The van der Waals surface area contributed by atoms with Gasteiger partial charge in [-0.15, -0.1) is 0 Å². The summed E-state index contributed by atoms with van der Waals surface area (Å²) < 4.78 is 35.6. The molecule has 0 amide bonds. The first-order valence-electron chi connectivity index (χ1n) is 7.51. The predicted molar refractivity (Wildman–Crippen MR) is 78.0 cm³/mol. The average molecular weight is 331 g/mol. The van der Waals surface area contributed by atoms with E-state index in [4.69, 9.17) is 40.6 Å². The molecule has 1 unspecified atom stereocenters. The number of rotatable bonds is 1. The van der Waals surface area contributed by atoms with E-state index in [1.165, 1.54) is 0 Å². The summed E-state index contributed by atoms with van der Waals surface area (Å²) in [5.74, 6) is -1.35. The summed E-state index contributed by atoms with van der Waals surface area (Å²) in [4.78, 5) is 0. The summed E-state index contributed by atoms with van der Waals surface area (Å²) in [5, 5.41) is 3.41. The molecule has 0 saturated carbocycles. The molecule has 124 valence electrons. The molecule has 1 spiro atoms. The van der Waals surface area contributed by atoms with Crippen LogP contribution in [0.15, 0.2) is 0 Å². The van der Waals surface area contributed by atoms with Crippen LogP contribution < -0.4 is 5.32 Å². The molecule has 7 nitrogen and oxygen atoms in total. The fourth-order valence-corrected chi connectivity index (χ4v) is 3.85. The van der Waals surface area contributed by atoms with E-state index < -0.39 is 23.5 Å². The summed E-state index contributed by atoms with van der Waals surface area (Å²) in [6.07, 6.45) is -1.52. The third kappa shape index (κ3) is 2.16. The number of hydrogen-bond donors (Lipinski definition) is 1. The van der Waals surface area contributed by atoms with Crippen LogP contribution >= 0.6 is 12.2 Å². The van der Waals surface area contributed by atoms with E-state index in [1.54, 1.807) is 0 Å². The lowest BCUT2D eigenvalue weighted by Gasteiger charge is -2.35. The Morgan fingerprint density at radius 3 is 2.41 bits per heavy atom. The van der Waals surface area contributed by atoms with Gasteiger partial charge in [0.15, 0.2) is 29.6 Å². The second kappa shape index (κ2) is 4.52. The molecule has 1 N–H and O–H groups in total. The fourth-order valence-electron chi connectivity index (χ4n) is 3.62. The average Bonchev–Trinajstić information content (AvgIpc) is 3.07. The highest BCUT2D eigenvalue weighted by molar-refractivity contribution is 7.80. The van der Waals surface area contributed by atoms with Crippen LogP contribution in [0.25, 0.3) is 0 Å². The maximum absolute atomic E-state index is 6.11. The van der Waals surface area contributed by atoms with Gasteiger partial charge in [0.05, 0.1) is 13.2 Å². The smallest absolute Gasteiger partial charge is 0.257 e. The second-order valence-electron chi connectivity index (χ2n) is 7.05. The molecule has 0 aromatic heterocycles. The minimum absolute atomic E-state index is 0.265. The van der Waals surface area contributed by atoms with Gasteiger partial charge in [-0.05, 0) is 39.9 Å². The zero-order chi connectivity index (χ0) is 15.8. The molecule has 5 atom stereocenters. The van der Waals surface area contributed by atoms with Gasteiger partial charge >= 0.3 is 0 Å². The Morgan fingerprint density at radius 2 is 1.82 bits per heavy atom. The zero-order valence-electron chi connectivity index (χ0n) is 13.1. The molecule has 4 rings (SSSR count). The predicted octanol–water partition coefficient (Wildman–Crippen LogP) is 0.658. The molecule has 4 heterocycles. The van der Waals surface area contributed by atoms with Crippen LogP contribution in [-0.4, -0.2) is 60.1 Å². The lowest BCUT2D eigenvalue weighted by Crippen LogP contribution is -2.56. The Hall–Kier alpha value is -0.510. The van der Waals surface area contributed by atoms with Gasteiger partial charge in [-0.25, -0.2) is 0 Å². The van der Waals surface area contributed by atoms with E-state index >= 15 is 0 Å². The normalized spacial score (nSPS) is 48.5. The van der Waals surface area contributed by atoms with Crippen LogP contribution in [0.2, 0.25) is 0 Å².